The highest BCUT2D eigenvalue weighted by atomic mass is 19.1. The van der Waals surface area contributed by atoms with Crippen molar-refractivity contribution in [2.75, 3.05) is 25.1 Å². The molecule has 6 fully saturated rings. The lowest BCUT2D eigenvalue weighted by Crippen LogP contribution is -2.62. The molecule has 6 saturated carbocycles. The maximum atomic E-state index is 16.5. The van der Waals surface area contributed by atoms with Crippen LogP contribution < -0.4 is 4.90 Å². The standard InChI is InChI=1S/C54H74FNO7/c1-7-20-54(62)22-19-41-38-12-9-32-25-35(57)11-13-37(32)49(38)39(30-52(41,54)4)33-10-16-45(44(55)26-33)56(6)23-24-63-36-18-21-51(3)34(27-36)28-46(58)50-42-15-14-40(31(2)8-17-48(60)61)53(42,5)47(59)29-43(50)51/h10,16,25-26,31,34,36,38-43,46-47,50,58-59,62H,8-9,11-15,17-19,21-24,27-30H2,1-6H3,(H,60,61)/t31-,34+,36+,38?,39+,40-,41?,42+,43+,46-,47+,50+,51+,52+,53-,54-/m1/s1. The van der Waals surface area contributed by atoms with E-state index in [0.717, 1.165) is 75.3 Å². The summed E-state index contributed by atoms with van der Waals surface area (Å²) in [6.07, 6.45) is 13.3. The third-order valence-corrected chi connectivity index (χ3v) is 20.1. The molecular weight excluding hydrogens is 794 g/mol. The largest absolute Gasteiger partial charge is 0.481 e. The van der Waals surface area contributed by atoms with Crippen molar-refractivity contribution in [3.63, 3.8) is 0 Å². The monoisotopic (exact) mass is 868 g/mol. The molecule has 0 saturated heterocycles. The number of aliphatic hydroxyl groups is 3. The van der Waals surface area contributed by atoms with Crippen LogP contribution in [-0.4, -0.2) is 76.3 Å². The molecule has 0 amide bonds. The van der Waals surface area contributed by atoms with Gasteiger partial charge in [-0.3, -0.25) is 9.59 Å². The molecule has 1 aromatic rings. The molecule has 0 aliphatic heterocycles. The van der Waals surface area contributed by atoms with Gasteiger partial charge in [0.2, 0.25) is 0 Å². The van der Waals surface area contributed by atoms with Gasteiger partial charge in [0.25, 0.3) is 0 Å². The number of carbonyl (C=O) groups excluding carboxylic acids is 1. The molecular formula is C54H74FNO7. The first kappa shape index (κ1) is 45.1. The molecule has 4 N–H and O–H groups in total. The molecule has 344 valence electrons. The van der Waals surface area contributed by atoms with Crippen LogP contribution >= 0.6 is 0 Å². The Morgan fingerprint density at radius 3 is 2.54 bits per heavy atom. The predicted molar refractivity (Wildman–Crippen MR) is 242 cm³/mol. The van der Waals surface area contributed by atoms with Crippen molar-refractivity contribution in [2.45, 2.75) is 167 Å². The Morgan fingerprint density at radius 1 is 1.00 bits per heavy atom. The zero-order valence-electron chi connectivity index (χ0n) is 38.8. The number of halogens is 1. The summed E-state index contributed by atoms with van der Waals surface area (Å²) in [5, 5.41) is 45.3. The zero-order chi connectivity index (χ0) is 44.8. The number of benzene rings is 1. The van der Waals surface area contributed by atoms with Crippen LogP contribution in [0.25, 0.3) is 0 Å². The highest BCUT2D eigenvalue weighted by molar-refractivity contribution is 5.93. The quantitative estimate of drug-likeness (QED) is 0.172. The van der Waals surface area contributed by atoms with E-state index in [2.05, 4.69) is 45.6 Å². The minimum atomic E-state index is -1.08. The molecule has 8 aliphatic carbocycles. The Labute approximate surface area is 375 Å². The minimum Gasteiger partial charge on any atom is -0.481 e. The summed E-state index contributed by atoms with van der Waals surface area (Å²) in [5.74, 6) is 7.31. The Kier molecular flexibility index (Phi) is 12.0. The van der Waals surface area contributed by atoms with Crippen LogP contribution in [0.3, 0.4) is 0 Å². The third kappa shape index (κ3) is 7.30. The number of aliphatic hydroxyl groups excluding tert-OH is 2. The summed E-state index contributed by atoms with van der Waals surface area (Å²) in [7, 11) is 1.92. The smallest absolute Gasteiger partial charge is 0.303 e. The van der Waals surface area contributed by atoms with E-state index in [0.29, 0.717) is 62.8 Å². The van der Waals surface area contributed by atoms with Crippen molar-refractivity contribution in [2.24, 2.45) is 63.6 Å². The van der Waals surface area contributed by atoms with Crippen molar-refractivity contribution in [1.29, 1.82) is 0 Å². The van der Waals surface area contributed by atoms with E-state index in [4.69, 9.17) is 4.74 Å². The number of carboxylic acid groups (broad SMARTS) is 1. The van der Waals surface area contributed by atoms with Gasteiger partial charge in [0, 0.05) is 37.8 Å². The molecule has 2 unspecified atom stereocenters. The van der Waals surface area contributed by atoms with Gasteiger partial charge < -0.3 is 30.1 Å². The Morgan fingerprint density at radius 2 is 1.79 bits per heavy atom. The molecule has 63 heavy (non-hydrogen) atoms. The lowest BCUT2D eigenvalue weighted by atomic mass is 9.43. The molecule has 8 nitrogen and oxygen atoms in total. The summed E-state index contributed by atoms with van der Waals surface area (Å²) >= 11 is 0. The van der Waals surface area contributed by atoms with E-state index >= 15 is 4.39 Å². The Bertz CT molecular complexity index is 2100. The lowest BCUT2D eigenvalue weighted by molar-refractivity contribution is -0.209. The number of ether oxygens (including phenoxy) is 1. The van der Waals surface area contributed by atoms with Crippen LogP contribution in [0.1, 0.15) is 149 Å². The maximum absolute atomic E-state index is 16.5. The van der Waals surface area contributed by atoms with E-state index in [9.17, 15) is 30.0 Å². The summed E-state index contributed by atoms with van der Waals surface area (Å²) in [6, 6.07) is 5.71. The number of hydrogen-bond donors (Lipinski definition) is 4. The normalized spacial score (nSPS) is 43.2. The summed E-state index contributed by atoms with van der Waals surface area (Å²) in [5.41, 5.74) is 3.50. The van der Waals surface area contributed by atoms with Crippen LogP contribution in [0.5, 0.6) is 0 Å². The molecule has 9 heteroatoms. The molecule has 0 bridgehead atoms. The average Bonchev–Trinajstić information content (AvgIpc) is 3.73. The van der Waals surface area contributed by atoms with E-state index in [1.165, 1.54) is 11.1 Å². The van der Waals surface area contributed by atoms with Crippen molar-refractivity contribution >= 4 is 17.4 Å². The molecule has 8 aliphatic rings. The highest BCUT2D eigenvalue weighted by Crippen LogP contribution is 2.69. The van der Waals surface area contributed by atoms with Crippen LogP contribution in [0.4, 0.5) is 10.1 Å². The van der Waals surface area contributed by atoms with Gasteiger partial charge in [-0.25, -0.2) is 4.39 Å². The van der Waals surface area contributed by atoms with Crippen molar-refractivity contribution in [3.8, 4) is 11.8 Å². The summed E-state index contributed by atoms with van der Waals surface area (Å²) in [4.78, 5) is 25.9. The summed E-state index contributed by atoms with van der Waals surface area (Å²) in [6.45, 7) is 11.8. The van der Waals surface area contributed by atoms with Crippen LogP contribution in [0.2, 0.25) is 0 Å². The van der Waals surface area contributed by atoms with Gasteiger partial charge in [-0.05, 0) is 190 Å². The van der Waals surface area contributed by atoms with Crippen LogP contribution in [0, 0.1) is 81.2 Å². The first-order chi connectivity index (χ1) is 29.9. The fourth-order valence-corrected chi connectivity index (χ4v) is 16.7. The van der Waals surface area contributed by atoms with E-state index in [1.54, 1.807) is 13.0 Å². The molecule has 9 rings (SSSR count). The number of anilines is 1. The lowest BCUT2D eigenvalue weighted by Gasteiger charge is -2.63. The molecule has 0 heterocycles. The van der Waals surface area contributed by atoms with Crippen LogP contribution in [-0.2, 0) is 14.3 Å². The van der Waals surface area contributed by atoms with Gasteiger partial charge in [0.05, 0.1) is 30.6 Å². The Hall–Kier alpha value is -3.03. The molecule has 1 aromatic carbocycles. The third-order valence-electron chi connectivity index (χ3n) is 20.1. The predicted octanol–water partition coefficient (Wildman–Crippen LogP) is 9.40. The van der Waals surface area contributed by atoms with E-state index in [-0.39, 0.29) is 76.4 Å². The number of fused-ring (bicyclic) bond motifs is 9. The number of carbonyl (C=O) groups is 2. The second-order valence-corrected chi connectivity index (χ2v) is 22.7. The Balaban J connectivity index is 0.857. The van der Waals surface area contributed by atoms with Crippen molar-refractivity contribution in [3.05, 3.63) is 52.4 Å². The van der Waals surface area contributed by atoms with Crippen molar-refractivity contribution in [1.82, 2.24) is 0 Å². The van der Waals surface area contributed by atoms with Gasteiger partial charge in [0.1, 0.15) is 11.4 Å². The number of hydrogen-bond acceptors (Lipinski definition) is 7. The van der Waals surface area contributed by atoms with Gasteiger partial charge >= 0.3 is 5.97 Å². The van der Waals surface area contributed by atoms with Gasteiger partial charge in [-0.1, -0.05) is 45.3 Å². The van der Waals surface area contributed by atoms with Gasteiger partial charge in [-0.2, -0.15) is 0 Å². The molecule has 16 atom stereocenters. The second-order valence-electron chi connectivity index (χ2n) is 22.7. The average molecular weight is 868 g/mol. The number of likely N-dealkylation sites (N-methyl/N-ethyl adjacent to an activating group) is 1. The first-order valence-corrected chi connectivity index (χ1v) is 24.8. The summed E-state index contributed by atoms with van der Waals surface area (Å²) < 4.78 is 23.0. The number of ketones is 1. The maximum Gasteiger partial charge on any atom is 0.303 e. The fraction of sp³-hybridized carbons (Fsp3) is 0.741. The number of allylic oxidation sites excluding steroid dienone is 4. The number of carboxylic acids is 1. The van der Waals surface area contributed by atoms with E-state index < -0.39 is 29.2 Å². The van der Waals surface area contributed by atoms with Crippen LogP contribution in [0.15, 0.2) is 41.0 Å². The fourth-order valence-electron chi connectivity index (χ4n) is 16.7. The molecule has 0 spiro atoms. The van der Waals surface area contributed by atoms with Crippen molar-refractivity contribution < 1.29 is 39.1 Å². The number of rotatable bonds is 10. The van der Waals surface area contributed by atoms with E-state index in [1.807, 2.05) is 24.1 Å². The highest BCUT2D eigenvalue weighted by Gasteiger charge is 2.66. The number of nitrogens with zero attached hydrogens (tertiary/aromatic N) is 1. The zero-order valence-corrected chi connectivity index (χ0v) is 38.8. The second kappa shape index (κ2) is 16.7. The first-order valence-electron chi connectivity index (χ1n) is 24.8. The SMILES string of the molecule is CC#C[C@@]1(O)CCC2C3CCC4=CC(=O)CCC4=C3[C@H](c3ccc(N(C)CCO[C@H]4CC[C@@]5(C)[C@@H](C4)C[C@@H](O)[C@@H]4[C@@H]5C[C@H](O)[C@]5(C)[C@@H]([C@H](C)CCC(=O)O)CC[C@@H]45)c(F)c3)C[C@@]21C. The molecule has 0 aromatic heterocycles. The topological polar surface area (TPSA) is 128 Å². The minimum absolute atomic E-state index is 0.0119. The number of aliphatic carboxylic acids is 1. The van der Waals surface area contributed by atoms with Gasteiger partial charge in [0.15, 0.2) is 5.78 Å². The van der Waals surface area contributed by atoms with Gasteiger partial charge in [-0.15, -0.1) is 5.92 Å². The molecule has 0 radical (unpaired) electrons.